The van der Waals surface area contributed by atoms with E-state index in [0.29, 0.717) is 12.2 Å². The summed E-state index contributed by atoms with van der Waals surface area (Å²) in [6.45, 7) is 4.45. The van der Waals surface area contributed by atoms with Crippen LogP contribution in [0.2, 0.25) is 0 Å². The lowest BCUT2D eigenvalue weighted by molar-refractivity contribution is -0.134. The van der Waals surface area contributed by atoms with Crippen LogP contribution < -0.4 is 4.74 Å². The highest BCUT2D eigenvalue weighted by atomic mass is 16.5. The quantitative estimate of drug-likeness (QED) is 0.236. The molecule has 0 saturated heterocycles. The number of hydrogen-bond donors (Lipinski definition) is 0. The first-order valence-corrected chi connectivity index (χ1v) is 11.9. The molecular formula is C26H36N2O2. The summed E-state index contributed by atoms with van der Waals surface area (Å²) in [6, 6.07) is 7.57. The van der Waals surface area contributed by atoms with Crippen molar-refractivity contribution >= 4 is 5.97 Å². The predicted octanol–water partition coefficient (Wildman–Crippen LogP) is 6.70. The van der Waals surface area contributed by atoms with Crippen LogP contribution in [-0.4, -0.2) is 15.9 Å². The molecule has 0 spiro atoms. The van der Waals surface area contributed by atoms with Crippen molar-refractivity contribution in [2.75, 3.05) is 0 Å². The van der Waals surface area contributed by atoms with Crippen LogP contribution >= 0.6 is 0 Å². The molecule has 4 nitrogen and oxygen atoms in total. The second-order valence-corrected chi connectivity index (χ2v) is 8.58. The fourth-order valence-electron chi connectivity index (χ4n) is 4.19. The Bertz CT molecular complexity index is 801. The first kappa shape index (κ1) is 22.5. The standard InChI is InChI=1S/C26H36N2O2/c1-3-5-7-8-9-11-25(29)30-23-15-13-21(14-16-23)26-27-19-22-18-20(10-6-4-2)12-17-24(22)28-26/h13-16,19-20H,3-12,17-18H2,1-2H3. The minimum atomic E-state index is -0.151. The number of hydrogen-bond acceptors (Lipinski definition) is 4. The van der Waals surface area contributed by atoms with Gasteiger partial charge in [-0.3, -0.25) is 4.79 Å². The van der Waals surface area contributed by atoms with Gasteiger partial charge >= 0.3 is 5.97 Å². The number of carbonyl (C=O) groups is 1. The molecule has 1 aliphatic carbocycles. The lowest BCUT2D eigenvalue weighted by Gasteiger charge is -2.23. The smallest absolute Gasteiger partial charge is 0.311 e. The molecular weight excluding hydrogens is 372 g/mol. The van der Waals surface area contributed by atoms with Gasteiger partial charge in [-0.15, -0.1) is 0 Å². The van der Waals surface area contributed by atoms with Gasteiger partial charge in [0.05, 0.1) is 0 Å². The molecule has 0 saturated carbocycles. The van der Waals surface area contributed by atoms with Gasteiger partial charge in [-0.05, 0) is 61.4 Å². The van der Waals surface area contributed by atoms with Crippen molar-refractivity contribution in [1.82, 2.24) is 9.97 Å². The number of fused-ring (bicyclic) bond motifs is 1. The monoisotopic (exact) mass is 408 g/mol. The zero-order chi connectivity index (χ0) is 21.2. The molecule has 1 aliphatic rings. The number of ether oxygens (including phenoxy) is 1. The van der Waals surface area contributed by atoms with Crippen molar-refractivity contribution in [3.05, 3.63) is 41.7 Å². The van der Waals surface area contributed by atoms with Crippen molar-refractivity contribution < 1.29 is 9.53 Å². The number of unbranched alkanes of at least 4 members (excludes halogenated alkanes) is 5. The third kappa shape index (κ3) is 6.65. The second-order valence-electron chi connectivity index (χ2n) is 8.58. The van der Waals surface area contributed by atoms with Crippen LogP contribution in [0.5, 0.6) is 5.75 Å². The Morgan fingerprint density at radius 1 is 1.03 bits per heavy atom. The van der Waals surface area contributed by atoms with E-state index in [1.807, 2.05) is 30.5 Å². The summed E-state index contributed by atoms with van der Waals surface area (Å²) in [7, 11) is 0. The topological polar surface area (TPSA) is 52.1 Å². The van der Waals surface area contributed by atoms with Crippen molar-refractivity contribution in [1.29, 1.82) is 0 Å². The van der Waals surface area contributed by atoms with Gasteiger partial charge in [0.2, 0.25) is 0 Å². The van der Waals surface area contributed by atoms with Crippen LogP contribution in [0.25, 0.3) is 11.4 Å². The molecule has 1 atom stereocenters. The van der Waals surface area contributed by atoms with E-state index < -0.39 is 0 Å². The van der Waals surface area contributed by atoms with E-state index in [0.717, 1.165) is 43.0 Å². The Morgan fingerprint density at radius 2 is 1.80 bits per heavy atom. The molecule has 4 heteroatoms. The minimum absolute atomic E-state index is 0.151. The van der Waals surface area contributed by atoms with Crippen molar-refractivity contribution in [3.63, 3.8) is 0 Å². The van der Waals surface area contributed by atoms with Crippen LogP contribution in [0, 0.1) is 5.92 Å². The Balaban J connectivity index is 1.53. The SMILES string of the molecule is CCCCCCCC(=O)Oc1ccc(-c2ncc3c(n2)CCC(CCCC)C3)cc1. The number of rotatable bonds is 11. The maximum atomic E-state index is 12.0. The fourth-order valence-corrected chi connectivity index (χ4v) is 4.19. The normalized spacial score (nSPS) is 15.6. The predicted molar refractivity (Wildman–Crippen MR) is 122 cm³/mol. The molecule has 0 radical (unpaired) electrons. The average Bonchev–Trinajstić information content (AvgIpc) is 2.77. The molecule has 0 aliphatic heterocycles. The van der Waals surface area contributed by atoms with Gasteiger partial charge in [-0.1, -0.05) is 58.8 Å². The van der Waals surface area contributed by atoms with E-state index in [9.17, 15) is 4.79 Å². The average molecular weight is 409 g/mol. The van der Waals surface area contributed by atoms with E-state index in [4.69, 9.17) is 9.72 Å². The molecule has 0 fully saturated rings. The summed E-state index contributed by atoms with van der Waals surface area (Å²) < 4.78 is 5.47. The highest BCUT2D eigenvalue weighted by molar-refractivity contribution is 5.72. The summed E-state index contributed by atoms with van der Waals surface area (Å²) >= 11 is 0. The zero-order valence-corrected chi connectivity index (χ0v) is 18.7. The molecule has 1 unspecified atom stereocenters. The van der Waals surface area contributed by atoms with E-state index in [-0.39, 0.29) is 5.97 Å². The van der Waals surface area contributed by atoms with E-state index >= 15 is 0 Å². The van der Waals surface area contributed by atoms with Gasteiger partial charge in [-0.25, -0.2) is 9.97 Å². The van der Waals surface area contributed by atoms with Gasteiger partial charge in [0.1, 0.15) is 5.75 Å². The Kier molecular flexibility index (Phi) is 8.85. The fraction of sp³-hybridized carbons (Fsp3) is 0.577. The highest BCUT2D eigenvalue weighted by Gasteiger charge is 2.20. The second kappa shape index (κ2) is 11.8. The van der Waals surface area contributed by atoms with Crippen molar-refractivity contribution in [2.24, 2.45) is 5.92 Å². The maximum Gasteiger partial charge on any atom is 0.311 e. The zero-order valence-electron chi connectivity index (χ0n) is 18.7. The van der Waals surface area contributed by atoms with Gasteiger partial charge < -0.3 is 4.74 Å². The molecule has 2 aromatic rings. The summed E-state index contributed by atoms with van der Waals surface area (Å²) in [5.74, 6) is 1.98. The van der Waals surface area contributed by atoms with Crippen molar-refractivity contribution in [2.45, 2.75) is 90.9 Å². The highest BCUT2D eigenvalue weighted by Crippen LogP contribution is 2.29. The number of aryl methyl sites for hydroxylation is 1. The summed E-state index contributed by atoms with van der Waals surface area (Å²) in [6.07, 6.45) is 15.4. The van der Waals surface area contributed by atoms with E-state index in [1.54, 1.807) is 0 Å². The first-order chi connectivity index (χ1) is 14.7. The largest absolute Gasteiger partial charge is 0.427 e. The summed E-state index contributed by atoms with van der Waals surface area (Å²) in [5, 5.41) is 0. The van der Waals surface area contributed by atoms with Crippen LogP contribution in [-0.2, 0) is 17.6 Å². The Hall–Kier alpha value is -2.23. The summed E-state index contributed by atoms with van der Waals surface area (Å²) in [4.78, 5) is 21.5. The third-order valence-electron chi connectivity index (χ3n) is 6.05. The Labute approximate surface area is 181 Å². The number of nitrogens with zero attached hydrogens (tertiary/aromatic N) is 2. The van der Waals surface area contributed by atoms with E-state index in [2.05, 4.69) is 18.8 Å². The number of aromatic nitrogens is 2. The van der Waals surface area contributed by atoms with Gasteiger partial charge in [-0.2, -0.15) is 0 Å². The third-order valence-corrected chi connectivity index (χ3v) is 6.05. The molecule has 0 amide bonds. The number of benzene rings is 1. The molecule has 1 aromatic heterocycles. The lowest BCUT2D eigenvalue weighted by atomic mass is 9.84. The molecule has 30 heavy (non-hydrogen) atoms. The molecule has 1 heterocycles. The van der Waals surface area contributed by atoms with Crippen molar-refractivity contribution in [3.8, 4) is 17.1 Å². The van der Waals surface area contributed by atoms with Gasteiger partial charge in [0.25, 0.3) is 0 Å². The molecule has 0 bridgehead atoms. The maximum absolute atomic E-state index is 12.0. The van der Waals surface area contributed by atoms with Crippen LogP contribution in [0.3, 0.4) is 0 Å². The van der Waals surface area contributed by atoms with E-state index in [1.165, 1.54) is 56.2 Å². The lowest BCUT2D eigenvalue weighted by Crippen LogP contribution is -2.16. The molecule has 3 rings (SSSR count). The molecule has 1 aromatic carbocycles. The van der Waals surface area contributed by atoms with Gasteiger partial charge in [0, 0.05) is 23.9 Å². The summed E-state index contributed by atoms with van der Waals surface area (Å²) in [5.41, 5.74) is 3.48. The molecule has 162 valence electrons. The van der Waals surface area contributed by atoms with Crippen LogP contribution in [0.1, 0.15) is 89.3 Å². The number of carbonyl (C=O) groups excluding carboxylic acids is 1. The Morgan fingerprint density at radius 3 is 2.57 bits per heavy atom. The first-order valence-electron chi connectivity index (χ1n) is 11.9. The van der Waals surface area contributed by atoms with Crippen LogP contribution in [0.15, 0.2) is 30.5 Å². The van der Waals surface area contributed by atoms with Gasteiger partial charge in [0.15, 0.2) is 5.82 Å². The minimum Gasteiger partial charge on any atom is -0.427 e. The van der Waals surface area contributed by atoms with Crippen LogP contribution in [0.4, 0.5) is 0 Å². The number of esters is 1. The molecule has 0 N–H and O–H groups in total.